The Morgan fingerprint density at radius 2 is 2.12 bits per heavy atom. The Bertz CT molecular complexity index is 148. The van der Waals surface area contributed by atoms with E-state index in [-0.39, 0.29) is 0 Å². The van der Waals surface area contributed by atoms with Gasteiger partial charge in [-0.2, -0.15) is 0 Å². The Labute approximate surface area is 50.3 Å². The first-order valence-corrected chi connectivity index (χ1v) is 2.94. The molecule has 44 valence electrons. The number of hydrogen-bond acceptors (Lipinski definition) is 0. The maximum Gasteiger partial charge on any atom is 0.176 e. The van der Waals surface area contributed by atoms with Crippen molar-refractivity contribution < 1.29 is 4.58 Å². The summed E-state index contributed by atoms with van der Waals surface area (Å²) in [6.45, 7) is 5.90. The highest BCUT2D eigenvalue weighted by atomic mass is 14.9. The summed E-state index contributed by atoms with van der Waals surface area (Å²) in [7, 11) is 1.99. The van der Waals surface area contributed by atoms with Crippen LogP contribution in [0.2, 0.25) is 0 Å². The van der Waals surface area contributed by atoms with Crippen molar-refractivity contribution in [2.75, 3.05) is 7.05 Å². The molecule has 0 aromatic heterocycles. The third-order valence-corrected chi connectivity index (χ3v) is 1.58. The molecule has 1 aliphatic rings. The second-order valence-corrected chi connectivity index (χ2v) is 2.39. The third-order valence-electron chi connectivity index (χ3n) is 1.58. The molecule has 1 nitrogen and oxygen atoms in total. The van der Waals surface area contributed by atoms with Crippen molar-refractivity contribution in [3.05, 3.63) is 11.3 Å². The first-order valence-electron chi connectivity index (χ1n) is 2.94. The van der Waals surface area contributed by atoms with Crippen LogP contribution in [-0.4, -0.2) is 18.3 Å². The zero-order valence-corrected chi connectivity index (χ0v) is 5.57. The van der Waals surface area contributed by atoms with E-state index in [9.17, 15) is 0 Å². The Morgan fingerprint density at radius 1 is 1.62 bits per heavy atom. The molecule has 0 radical (unpaired) electrons. The molecule has 0 heterocycles. The van der Waals surface area contributed by atoms with Crippen LogP contribution in [0.3, 0.4) is 0 Å². The van der Waals surface area contributed by atoms with E-state index < -0.39 is 0 Å². The predicted octanol–water partition coefficient (Wildman–Crippen LogP) is 1.40. The zero-order valence-electron chi connectivity index (χ0n) is 5.57. The summed E-state index contributed by atoms with van der Waals surface area (Å²) in [6.07, 6.45) is 2.59. The summed E-state index contributed by atoms with van der Waals surface area (Å²) in [4.78, 5) is 0. The molecule has 1 heteroatoms. The Morgan fingerprint density at radius 3 is 2.25 bits per heavy atom. The van der Waals surface area contributed by atoms with Crippen LogP contribution in [0.4, 0.5) is 0 Å². The molecule has 1 saturated carbocycles. The van der Waals surface area contributed by atoms with Gasteiger partial charge in [-0.25, -0.2) is 4.58 Å². The molecule has 0 aromatic rings. The number of rotatable bonds is 1. The van der Waals surface area contributed by atoms with Crippen LogP contribution < -0.4 is 0 Å². The zero-order chi connectivity index (χ0) is 6.15. The average molecular weight is 110 g/mol. The smallest absolute Gasteiger partial charge is 0.176 e. The monoisotopic (exact) mass is 110 g/mol. The third kappa shape index (κ3) is 0.971. The SMILES string of the molecule is C=[N+](C)C(C)=C1CC1. The van der Waals surface area contributed by atoms with Gasteiger partial charge in [0.2, 0.25) is 0 Å². The largest absolute Gasteiger partial charge is 0.212 e. The van der Waals surface area contributed by atoms with Gasteiger partial charge < -0.3 is 0 Å². The number of allylic oxidation sites excluding steroid dienone is 2. The van der Waals surface area contributed by atoms with Crippen molar-refractivity contribution in [3.63, 3.8) is 0 Å². The molecule has 1 fully saturated rings. The van der Waals surface area contributed by atoms with Gasteiger partial charge in [-0.05, 0) is 18.4 Å². The van der Waals surface area contributed by atoms with Crippen molar-refractivity contribution >= 4 is 6.72 Å². The summed E-state index contributed by atoms with van der Waals surface area (Å²) >= 11 is 0. The Hall–Kier alpha value is -0.590. The fourth-order valence-corrected chi connectivity index (χ4v) is 0.694. The van der Waals surface area contributed by atoms with Crippen LogP contribution in [0.25, 0.3) is 0 Å². The molecule has 0 spiro atoms. The fraction of sp³-hybridized carbons (Fsp3) is 0.571. The van der Waals surface area contributed by atoms with Gasteiger partial charge in [-0.15, -0.1) is 0 Å². The fourth-order valence-electron chi connectivity index (χ4n) is 0.694. The van der Waals surface area contributed by atoms with E-state index in [1.807, 2.05) is 11.6 Å². The molecule has 0 bridgehead atoms. The van der Waals surface area contributed by atoms with Crippen molar-refractivity contribution in [1.82, 2.24) is 0 Å². The van der Waals surface area contributed by atoms with Gasteiger partial charge in [-0.3, -0.25) is 0 Å². The molecule has 1 rings (SSSR count). The average Bonchev–Trinajstić information content (AvgIpc) is 2.43. The van der Waals surface area contributed by atoms with Crippen LogP contribution in [-0.2, 0) is 0 Å². The first-order chi connectivity index (χ1) is 3.72. The lowest BCUT2D eigenvalue weighted by molar-refractivity contribution is -0.434. The van der Waals surface area contributed by atoms with Crippen LogP contribution in [0.15, 0.2) is 11.3 Å². The summed E-state index contributed by atoms with van der Waals surface area (Å²) < 4.78 is 1.93. The lowest BCUT2D eigenvalue weighted by atomic mass is 10.4. The normalized spacial score (nSPS) is 16.0. The van der Waals surface area contributed by atoms with Crippen molar-refractivity contribution in [1.29, 1.82) is 0 Å². The van der Waals surface area contributed by atoms with Gasteiger partial charge >= 0.3 is 0 Å². The summed E-state index contributed by atoms with van der Waals surface area (Å²) in [6, 6.07) is 0. The molecule has 0 atom stereocenters. The molecule has 0 aliphatic heterocycles. The second kappa shape index (κ2) is 1.73. The Kier molecular flexibility index (Phi) is 1.20. The van der Waals surface area contributed by atoms with Crippen LogP contribution in [0, 0.1) is 0 Å². The molecular weight excluding hydrogens is 98.1 g/mol. The van der Waals surface area contributed by atoms with Crippen LogP contribution in [0.1, 0.15) is 19.8 Å². The standard InChI is InChI=1S/C7H12N/c1-6(8(2)3)7-4-5-7/h2,4-5H2,1,3H3/q+1. The molecule has 0 saturated heterocycles. The van der Waals surface area contributed by atoms with E-state index in [1.165, 1.54) is 18.5 Å². The maximum atomic E-state index is 3.78. The lowest BCUT2D eigenvalue weighted by Gasteiger charge is -1.87. The number of hydrogen-bond donors (Lipinski definition) is 0. The van der Waals surface area contributed by atoms with Gasteiger partial charge in [-0.1, -0.05) is 0 Å². The first kappa shape index (κ1) is 5.54. The highest BCUT2D eigenvalue weighted by Crippen LogP contribution is 2.30. The maximum absolute atomic E-state index is 3.78. The van der Waals surface area contributed by atoms with E-state index in [0.29, 0.717) is 0 Å². The van der Waals surface area contributed by atoms with Gasteiger partial charge in [0.25, 0.3) is 0 Å². The molecule has 0 N–H and O–H groups in total. The van der Waals surface area contributed by atoms with E-state index in [0.717, 1.165) is 0 Å². The van der Waals surface area contributed by atoms with Crippen LogP contribution in [0.5, 0.6) is 0 Å². The molecule has 8 heavy (non-hydrogen) atoms. The van der Waals surface area contributed by atoms with E-state index in [4.69, 9.17) is 0 Å². The second-order valence-electron chi connectivity index (χ2n) is 2.39. The summed E-state index contributed by atoms with van der Waals surface area (Å²) in [5, 5.41) is 0. The minimum absolute atomic E-state index is 1.30. The quantitative estimate of drug-likeness (QED) is 0.354. The predicted molar refractivity (Wildman–Crippen MR) is 35.2 cm³/mol. The van der Waals surface area contributed by atoms with Crippen molar-refractivity contribution in [3.8, 4) is 0 Å². The molecular formula is C7H12N+. The molecule has 0 amide bonds. The van der Waals surface area contributed by atoms with Gasteiger partial charge in [0, 0.05) is 6.92 Å². The van der Waals surface area contributed by atoms with E-state index >= 15 is 0 Å². The summed E-state index contributed by atoms with van der Waals surface area (Å²) in [5.74, 6) is 0. The van der Waals surface area contributed by atoms with Crippen LogP contribution >= 0.6 is 0 Å². The number of nitrogens with zero attached hydrogens (tertiary/aromatic N) is 1. The van der Waals surface area contributed by atoms with Gasteiger partial charge in [0.15, 0.2) is 5.70 Å². The van der Waals surface area contributed by atoms with Gasteiger partial charge in [0.1, 0.15) is 13.8 Å². The van der Waals surface area contributed by atoms with E-state index in [1.54, 1.807) is 5.57 Å². The minimum atomic E-state index is 1.30. The summed E-state index contributed by atoms with van der Waals surface area (Å²) in [5.41, 5.74) is 2.92. The van der Waals surface area contributed by atoms with Gasteiger partial charge in [0.05, 0.1) is 0 Å². The highest BCUT2D eigenvalue weighted by molar-refractivity contribution is 5.23. The highest BCUT2D eigenvalue weighted by Gasteiger charge is 2.19. The molecule has 1 aliphatic carbocycles. The Balaban J connectivity index is 2.70. The topological polar surface area (TPSA) is 3.01 Å². The molecule has 0 unspecified atom stereocenters. The van der Waals surface area contributed by atoms with E-state index in [2.05, 4.69) is 13.6 Å². The molecule has 0 aromatic carbocycles. The van der Waals surface area contributed by atoms with Crippen molar-refractivity contribution in [2.45, 2.75) is 19.8 Å². The van der Waals surface area contributed by atoms with Crippen molar-refractivity contribution in [2.24, 2.45) is 0 Å². The minimum Gasteiger partial charge on any atom is -0.212 e. The lowest BCUT2D eigenvalue weighted by Crippen LogP contribution is -1.97.